The van der Waals surface area contributed by atoms with Gasteiger partial charge in [0.2, 0.25) is 5.91 Å². The van der Waals surface area contributed by atoms with Crippen LogP contribution in [0.15, 0.2) is 18.3 Å². The van der Waals surface area contributed by atoms with Gasteiger partial charge in [-0.15, -0.1) is 0 Å². The Bertz CT molecular complexity index is 920. The number of fused-ring (bicyclic) bond motifs is 5. The van der Waals surface area contributed by atoms with Gasteiger partial charge < -0.3 is 9.88 Å². The van der Waals surface area contributed by atoms with Crippen LogP contribution in [-0.2, 0) is 4.79 Å². The Morgan fingerprint density at radius 2 is 2.00 bits per heavy atom. The van der Waals surface area contributed by atoms with Crippen LogP contribution < -0.4 is 0 Å². The van der Waals surface area contributed by atoms with Crippen molar-refractivity contribution in [3.8, 4) is 0 Å². The smallest absolute Gasteiger partial charge is 0.246 e. The van der Waals surface area contributed by atoms with E-state index in [0.717, 1.165) is 18.8 Å². The molecule has 4 aliphatic rings. The first-order valence-corrected chi connectivity index (χ1v) is 12.3. The minimum atomic E-state index is 0.0960. The first-order chi connectivity index (χ1) is 14.8. The van der Waals surface area contributed by atoms with Crippen LogP contribution >= 0.6 is 0 Å². The summed E-state index contributed by atoms with van der Waals surface area (Å²) in [4.78, 5) is 34.5. The van der Waals surface area contributed by atoms with Crippen LogP contribution in [0.1, 0.15) is 94.4 Å². The quantitative estimate of drug-likeness (QED) is 0.684. The summed E-state index contributed by atoms with van der Waals surface area (Å²) in [5, 5.41) is 0. The molecule has 31 heavy (non-hydrogen) atoms. The maximum Gasteiger partial charge on any atom is 0.246 e. The molecule has 0 bridgehead atoms. The number of aromatic nitrogens is 2. The largest absolute Gasteiger partial charge is 0.339 e. The molecule has 7 atom stereocenters. The van der Waals surface area contributed by atoms with Crippen LogP contribution in [0.5, 0.6) is 0 Å². The van der Waals surface area contributed by atoms with Crippen molar-refractivity contribution in [1.29, 1.82) is 0 Å². The lowest BCUT2D eigenvalue weighted by Crippen LogP contribution is -2.59. The van der Waals surface area contributed by atoms with Crippen LogP contribution in [0, 0.1) is 28.6 Å². The van der Waals surface area contributed by atoms with Gasteiger partial charge in [0, 0.05) is 42.7 Å². The lowest BCUT2D eigenvalue weighted by Gasteiger charge is -2.60. The summed E-state index contributed by atoms with van der Waals surface area (Å²) in [6.45, 7) is 6.94. The van der Waals surface area contributed by atoms with Crippen molar-refractivity contribution in [3.05, 3.63) is 29.9 Å². The van der Waals surface area contributed by atoms with Crippen molar-refractivity contribution in [2.24, 2.45) is 28.6 Å². The maximum absolute atomic E-state index is 12.3. The Morgan fingerprint density at radius 1 is 1.19 bits per heavy atom. The molecular weight excluding hydrogens is 386 g/mol. The normalized spacial score (nSPS) is 41.6. The first-order valence-electron chi connectivity index (χ1n) is 12.3. The van der Waals surface area contributed by atoms with Crippen molar-refractivity contribution < 1.29 is 9.59 Å². The zero-order chi connectivity index (χ0) is 22.0. The van der Waals surface area contributed by atoms with E-state index in [1.54, 1.807) is 0 Å². The molecule has 1 amide bonds. The number of aromatic amines is 1. The van der Waals surface area contributed by atoms with Gasteiger partial charge in [-0.05, 0) is 74.2 Å². The highest BCUT2D eigenvalue weighted by atomic mass is 16.2. The number of carbonyl (C=O) groups excluding carboxylic acids is 2. The Hall–Kier alpha value is -1.91. The summed E-state index contributed by atoms with van der Waals surface area (Å²) in [7, 11) is 1.99. The molecule has 3 aliphatic carbocycles. The Labute approximate surface area is 186 Å². The Kier molecular flexibility index (Phi) is 4.95. The SMILES string of the molecule is CCCC(=O)c1ncc([C@H]2CC[C@H]3[C@@H]4CC[C@H]5N(C)C(=O)C=C[C@]5(C)[C@H]4CC[C@]23C)[nH]1. The third-order valence-corrected chi connectivity index (χ3v) is 9.84. The van der Waals surface area contributed by atoms with Crippen molar-refractivity contribution in [3.63, 3.8) is 0 Å². The monoisotopic (exact) mass is 423 g/mol. The molecule has 5 nitrogen and oxygen atoms in total. The fourth-order valence-corrected chi connectivity index (χ4v) is 8.25. The van der Waals surface area contributed by atoms with E-state index in [1.807, 2.05) is 31.1 Å². The topological polar surface area (TPSA) is 66.1 Å². The first kappa shape index (κ1) is 21.0. The van der Waals surface area contributed by atoms with Gasteiger partial charge in [-0.25, -0.2) is 4.98 Å². The lowest BCUT2D eigenvalue weighted by atomic mass is 9.47. The zero-order valence-electron chi connectivity index (χ0n) is 19.5. The fraction of sp³-hybridized carbons (Fsp3) is 0.731. The van der Waals surface area contributed by atoms with Gasteiger partial charge in [-0.1, -0.05) is 26.8 Å². The Morgan fingerprint density at radius 3 is 2.77 bits per heavy atom. The molecule has 168 valence electrons. The number of likely N-dealkylation sites (N-methyl/N-ethyl adjacent to an activating group) is 1. The number of ketones is 1. The highest BCUT2D eigenvalue weighted by molar-refractivity contribution is 5.92. The molecule has 0 spiro atoms. The average molecular weight is 424 g/mol. The lowest BCUT2D eigenvalue weighted by molar-refractivity contribution is -0.138. The van der Waals surface area contributed by atoms with E-state index in [1.165, 1.54) is 37.8 Å². The predicted molar refractivity (Wildman–Crippen MR) is 121 cm³/mol. The minimum Gasteiger partial charge on any atom is -0.339 e. The molecule has 5 rings (SSSR count). The number of amides is 1. The summed E-state index contributed by atoms with van der Waals surface area (Å²) in [6.07, 6.45) is 14.7. The molecular formula is C26H37N3O2. The standard InChI is InChI=1S/C26H37N3O2/c1-5-6-21(30)24-27-15-20(28-24)19-9-8-17-16-7-10-22-26(3,14-12-23(31)29(22)4)18(16)11-13-25(17,19)2/h12,14-19,22H,5-11,13H2,1-4H3,(H,27,28)/t16-,17-,18-,19+,22+,25-,26+/m0/s1. The van der Waals surface area contributed by atoms with Gasteiger partial charge in [0.25, 0.3) is 0 Å². The van der Waals surface area contributed by atoms with E-state index in [9.17, 15) is 9.59 Å². The van der Waals surface area contributed by atoms with Gasteiger partial charge >= 0.3 is 0 Å². The second-order valence-corrected chi connectivity index (χ2v) is 11.2. The van der Waals surface area contributed by atoms with Crippen molar-refractivity contribution in [2.75, 3.05) is 7.05 Å². The molecule has 1 aromatic heterocycles. The highest BCUT2D eigenvalue weighted by Gasteiger charge is 2.60. The van der Waals surface area contributed by atoms with Crippen molar-refractivity contribution in [2.45, 2.75) is 84.1 Å². The third-order valence-electron chi connectivity index (χ3n) is 9.84. The van der Waals surface area contributed by atoms with Crippen LogP contribution in [0.2, 0.25) is 0 Å². The number of nitrogens with one attached hydrogen (secondary N) is 1. The van der Waals surface area contributed by atoms with Gasteiger partial charge in [-0.3, -0.25) is 9.59 Å². The molecule has 0 unspecified atom stereocenters. The number of hydrogen-bond donors (Lipinski definition) is 1. The van der Waals surface area contributed by atoms with Gasteiger partial charge in [0.15, 0.2) is 11.6 Å². The number of hydrogen-bond acceptors (Lipinski definition) is 3. The third kappa shape index (κ3) is 2.98. The minimum absolute atomic E-state index is 0.0960. The number of H-pyrrole nitrogens is 1. The summed E-state index contributed by atoms with van der Waals surface area (Å²) >= 11 is 0. The summed E-state index contributed by atoms with van der Waals surface area (Å²) in [6, 6.07) is 0.340. The fourth-order valence-electron chi connectivity index (χ4n) is 8.25. The summed E-state index contributed by atoms with van der Waals surface area (Å²) < 4.78 is 0. The molecule has 5 heteroatoms. The molecule has 1 aromatic rings. The molecule has 1 aliphatic heterocycles. The number of nitrogens with zero attached hydrogens (tertiary/aromatic N) is 2. The Balaban J connectivity index is 1.41. The van der Waals surface area contributed by atoms with E-state index >= 15 is 0 Å². The van der Waals surface area contributed by atoms with E-state index < -0.39 is 0 Å². The van der Waals surface area contributed by atoms with Crippen LogP contribution in [0.3, 0.4) is 0 Å². The van der Waals surface area contributed by atoms with E-state index in [2.05, 4.69) is 29.9 Å². The van der Waals surface area contributed by atoms with Gasteiger partial charge in [-0.2, -0.15) is 0 Å². The molecule has 0 aromatic carbocycles. The summed E-state index contributed by atoms with van der Waals surface area (Å²) in [5.74, 6) is 3.39. The predicted octanol–water partition coefficient (Wildman–Crippen LogP) is 5.12. The molecule has 3 fully saturated rings. The number of Topliss-reactive ketones (excluding diaryl/α,β-unsaturated/α-hetero) is 1. The van der Waals surface area contributed by atoms with Crippen LogP contribution in [-0.4, -0.2) is 39.6 Å². The number of imidazole rings is 1. The summed E-state index contributed by atoms with van der Waals surface area (Å²) in [5.41, 5.74) is 1.53. The molecule has 2 heterocycles. The number of rotatable bonds is 4. The number of carbonyl (C=O) groups is 2. The second-order valence-electron chi connectivity index (χ2n) is 11.2. The van der Waals surface area contributed by atoms with Crippen molar-refractivity contribution >= 4 is 11.7 Å². The van der Waals surface area contributed by atoms with Crippen molar-refractivity contribution in [1.82, 2.24) is 14.9 Å². The molecule has 0 saturated heterocycles. The van der Waals surface area contributed by atoms with Gasteiger partial charge in [0.05, 0.1) is 0 Å². The van der Waals surface area contributed by atoms with E-state index in [-0.39, 0.29) is 22.5 Å². The van der Waals surface area contributed by atoms with Crippen LogP contribution in [0.4, 0.5) is 0 Å². The van der Waals surface area contributed by atoms with Crippen LogP contribution in [0.25, 0.3) is 0 Å². The molecule has 1 N–H and O–H groups in total. The average Bonchev–Trinajstić information content (AvgIpc) is 3.35. The zero-order valence-corrected chi connectivity index (χ0v) is 19.5. The maximum atomic E-state index is 12.3. The van der Waals surface area contributed by atoms with E-state index in [0.29, 0.717) is 36.0 Å². The highest BCUT2D eigenvalue weighted by Crippen LogP contribution is 2.67. The second kappa shape index (κ2) is 7.31. The molecule has 0 radical (unpaired) electrons. The van der Waals surface area contributed by atoms with E-state index in [4.69, 9.17) is 0 Å². The molecule has 3 saturated carbocycles. The van der Waals surface area contributed by atoms with Gasteiger partial charge in [0.1, 0.15) is 0 Å².